The molecule has 0 fully saturated rings. The Bertz CT molecular complexity index is 1970. The van der Waals surface area contributed by atoms with Gasteiger partial charge in [-0.15, -0.1) is 0 Å². The highest BCUT2D eigenvalue weighted by atomic mass is 31.2. The third kappa shape index (κ3) is 72.8. The van der Waals surface area contributed by atoms with Crippen LogP contribution in [0.2, 0.25) is 0 Å². The van der Waals surface area contributed by atoms with Gasteiger partial charge in [0.05, 0.1) is 13.2 Å². The van der Waals surface area contributed by atoms with E-state index in [1.807, 2.05) is 0 Å². The van der Waals surface area contributed by atoms with Crippen molar-refractivity contribution in [1.82, 2.24) is 0 Å². The van der Waals surface area contributed by atoms with Crippen molar-refractivity contribution in [3.63, 3.8) is 0 Å². The summed E-state index contributed by atoms with van der Waals surface area (Å²) in [5.74, 6) is -0.877. The van der Waals surface area contributed by atoms with Crippen LogP contribution < -0.4 is 5.73 Å². The molecule has 0 aliphatic heterocycles. The SMILES string of the molecule is CC/C=C\C/C=C\C/C=C\C/C=C\C/C=C\C/C=C\C/C=C\C/C=C\C/C=C\C/C=C\C/C=C\C/C=C\CCCCC(=O)OC(COC(=O)CCCCCCCCCCCCCCCCCCCCCCCCCCCCCCC)COP(=O)(O)OCCN. The highest BCUT2D eigenvalue weighted by Gasteiger charge is 2.26. The van der Waals surface area contributed by atoms with Gasteiger partial charge >= 0.3 is 19.8 Å². The molecule has 3 N–H and O–H groups in total. The molecule has 0 amide bonds. The third-order valence-corrected chi connectivity index (χ3v) is 16.2. The molecular formula is C79H134NO8P. The number of phosphoric acid groups is 1. The standard InChI is InChI=1S/C79H134NO8P/c1-3-5-7-9-11-13-15-17-19-21-23-25-27-29-31-33-34-35-36-37-38-39-40-41-42-44-46-48-50-52-54-56-58-60-62-64-66-68-70-72-79(82)88-77(76-87-89(83,84)86-74-73-80)75-85-78(81)71-69-67-65-63-61-59-57-55-53-51-49-47-45-43-32-30-28-26-24-22-20-18-16-14-12-10-8-6-4-2/h5,7,11,13,17,19,23,25,29,31,34-35,37-38,40-41,44,46,50,52,56,58,62,64,77H,3-4,6,8-10,12,14-16,18,20-22,24,26-28,30,32-33,36,39,42-43,45,47-49,51,53-55,57,59-61,63,65-76,80H2,1-2H3,(H,83,84)/b7-5-,13-11-,19-17-,25-23-,31-29-,35-34-,38-37-,41-40-,46-44-,52-50-,58-56-,64-62-. The number of rotatable bonds is 67. The molecule has 0 saturated heterocycles. The Hall–Kier alpha value is -4.11. The van der Waals surface area contributed by atoms with E-state index in [-0.39, 0.29) is 32.6 Å². The molecule has 0 saturated carbocycles. The van der Waals surface area contributed by atoms with Gasteiger partial charge in [-0.2, -0.15) is 0 Å². The number of carbonyl (C=O) groups is 2. The van der Waals surface area contributed by atoms with Crippen LogP contribution in [-0.2, 0) is 32.7 Å². The van der Waals surface area contributed by atoms with Crippen LogP contribution in [0.15, 0.2) is 146 Å². The Balaban J connectivity index is 4.00. The number of phosphoric ester groups is 1. The number of ether oxygens (including phenoxy) is 2. The molecule has 89 heavy (non-hydrogen) atoms. The fourth-order valence-electron chi connectivity index (χ4n) is 9.91. The van der Waals surface area contributed by atoms with E-state index in [4.69, 9.17) is 24.3 Å². The molecule has 0 radical (unpaired) electrons. The van der Waals surface area contributed by atoms with Crippen molar-refractivity contribution in [1.29, 1.82) is 0 Å². The molecule has 2 unspecified atom stereocenters. The Morgan fingerprint density at radius 2 is 0.618 bits per heavy atom. The van der Waals surface area contributed by atoms with Gasteiger partial charge < -0.3 is 20.1 Å². The van der Waals surface area contributed by atoms with Crippen LogP contribution in [0.1, 0.15) is 309 Å². The second-order valence-electron chi connectivity index (χ2n) is 23.7. The van der Waals surface area contributed by atoms with Crippen LogP contribution in [0.3, 0.4) is 0 Å². The number of nitrogens with two attached hydrogens (primary N) is 1. The predicted octanol–water partition coefficient (Wildman–Crippen LogP) is 24.2. The lowest BCUT2D eigenvalue weighted by atomic mass is 10.0. The van der Waals surface area contributed by atoms with Crippen molar-refractivity contribution in [3.05, 3.63) is 146 Å². The number of hydrogen-bond acceptors (Lipinski definition) is 8. The minimum absolute atomic E-state index is 0.0402. The Kier molecular flexibility index (Phi) is 69.6. The predicted molar refractivity (Wildman–Crippen MR) is 385 cm³/mol. The molecule has 10 heteroatoms. The maximum Gasteiger partial charge on any atom is 0.472 e. The first-order valence-electron chi connectivity index (χ1n) is 36.3. The molecule has 0 spiro atoms. The Morgan fingerprint density at radius 1 is 0.348 bits per heavy atom. The summed E-state index contributed by atoms with van der Waals surface area (Å²) < 4.78 is 33.1. The fourth-order valence-corrected chi connectivity index (χ4v) is 10.7. The zero-order valence-electron chi connectivity index (χ0n) is 57.1. The van der Waals surface area contributed by atoms with Crippen molar-refractivity contribution in [2.24, 2.45) is 5.73 Å². The molecule has 0 aromatic rings. The number of carbonyl (C=O) groups excluding carboxylic acids is 2. The smallest absolute Gasteiger partial charge is 0.462 e. The summed E-state index contributed by atoms with van der Waals surface area (Å²) in [5, 5.41) is 0. The van der Waals surface area contributed by atoms with E-state index >= 15 is 0 Å². The van der Waals surface area contributed by atoms with E-state index < -0.39 is 32.5 Å². The van der Waals surface area contributed by atoms with Crippen LogP contribution in [-0.4, -0.2) is 49.3 Å². The summed E-state index contributed by atoms with van der Waals surface area (Å²) in [6, 6.07) is 0. The van der Waals surface area contributed by atoms with Gasteiger partial charge in [0.1, 0.15) is 6.61 Å². The summed E-state index contributed by atoms with van der Waals surface area (Å²) in [5.41, 5.74) is 5.40. The second-order valence-corrected chi connectivity index (χ2v) is 25.2. The molecule has 2 atom stereocenters. The van der Waals surface area contributed by atoms with Gasteiger partial charge in [0, 0.05) is 19.4 Å². The lowest BCUT2D eigenvalue weighted by Crippen LogP contribution is -2.29. The maximum absolute atomic E-state index is 12.8. The first-order chi connectivity index (χ1) is 43.8. The van der Waals surface area contributed by atoms with Crippen molar-refractivity contribution in [2.45, 2.75) is 315 Å². The van der Waals surface area contributed by atoms with E-state index in [0.717, 1.165) is 109 Å². The van der Waals surface area contributed by atoms with Crippen LogP contribution in [0, 0.1) is 0 Å². The van der Waals surface area contributed by atoms with E-state index in [0.29, 0.717) is 6.42 Å². The van der Waals surface area contributed by atoms with Gasteiger partial charge in [-0.1, -0.05) is 339 Å². The minimum Gasteiger partial charge on any atom is -0.462 e. The van der Waals surface area contributed by atoms with E-state index in [9.17, 15) is 19.0 Å². The molecular weight excluding hydrogens is 1120 g/mol. The van der Waals surface area contributed by atoms with E-state index in [1.54, 1.807) is 0 Å². The first-order valence-corrected chi connectivity index (χ1v) is 37.8. The topological polar surface area (TPSA) is 134 Å². The summed E-state index contributed by atoms with van der Waals surface area (Å²) in [4.78, 5) is 35.4. The lowest BCUT2D eigenvalue weighted by Gasteiger charge is -2.19. The largest absolute Gasteiger partial charge is 0.472 e. The van der Waals surface area contributed by atoms with Gasteiger partial charge in [0.25, 0.3) is 0 Å². The molecule has 0 rings (SSSR count). The normalized spacial score (nSPS) is 13.8. The summed E-state index contributed by atoms with van der Waals surface area (Å²) in [7, 11) is -4.42. The number of unbranched alkanes of at least 4 members (excludes halogenated alkanes) is 30. The van der Waals surface area contributed by atoms with Crippen LogP contribution >= 0.6 is 7.82 Å². The van der Waals surface area contributed by atoms with Gasteiger partial charge in [0.15, 0.2) is 6.10 Å². The third-order valence-electron chi connectivity index (χ3n) is 15.2. The van der Waals surface area contributed by atoms with Gasteiger partial charge in [0.2, 0.25) is 0 Å². The molecule has 508 valence electrons. The van der Waals surface area contributed by atoms with Crippen molar-refractivity contribution < 1.29 is 37.6 Å². The first kappa shape index (κ1) is 84.9. The van der Waals surface area contributed by atoms with Crippen molar-refractivity contribution >= 4 is 19.8 Å². The average Bonchev–Trinajstić information content (AvgIpc) is 3.68. The van der Waals surface area contributed by atoms with E-state index in [1.165, 1.54) is 167 Å². The van der Waals surface area contributed by atoms with Crippen molar-refractivity contribution in [3.8, 4) is 0 Å². The minimum atomic E-state index is -4.42. The molecule has 0 bridgehead atoms. The zero-order chi connectivity index (χ0) is 64.4. The molecule has 0 aromatic heterocycles. The van der Waals surface area contributed by atoms with Gasteiger partial charge in [-0.3, -0.25) is 18.6 Å². The summed E-state index contributed by atoms with van der Waals surface area (Å²) in [6.45, 7) is 3.60. The highest BCUT2D eigenvalue weighted by molar-refractivity contribution is 7.47. The average molecular weight is 1260 g/mol. The highest BCUT2D eigenvalue weighted by Crippen LogP contribution is 2.43. The molecule has 0 aliphatic carbocycles. The number of hydrogen-bond donors (Lipinski definition) is 2. The summed E-state index contributed by atoms with van der Waals surface area (Å²) in [6.07, 6.45) is 105. The molecule has 0 heterocycles. The molecule has 0 aromatic carbocycles. The van der Waals surface area contributed by atoms with Gasteiger partial charge in [-0.05, 0) is 103 Å². The molecule has 9 nitrogen and oxygen atoms in total. The van der Waals surface area contributed by atoms with Crippen LogP contribution in [0.4, 0.5) is 0 Å². The Labute approximate surface area is 547 Å². The van der Waals surface area contributed by atoms with Crippen LogP contribution in [0.25, 0.3) is 0 Å². The zero-order valence-corrected chi connectivity index (χ0v) is 58.0. The summed E-state index contributed by atoms with van der Waals surface area (Å²) >= 11 is 0. The maximum atomic E-state index is 12.8. The fraction of sp³-hybridized carbons (Fsp3) is 0.671. The monoisotopic (exact) mass is 1260 g/mol. The van der Waals surface area contributed by atoms with E-state index in [2.05, 4.69) is 160 Å². The molecule has 0 aliphatic rings. The second kappa shape index (κ2) is 72.9. The lowest BCUT2D eigenvalue weighted by molar-refractivity contribution is -0.161. The number of esters is 2. The Morgan fingerprint density at radius 3 is 0.921 bits per heavy atom. The van der Waals surface area contributed by atoms with Crippen LogP contribution in [0.5, 0.6) is 0 Å². The van der Waals surface area contributed by atoms with Gasteiger partial charge in [-0.25, -0.2) is 4.57 Å². The number of allylic oxidation sites excluding steroid dienone is 24. The quantitative estimate of drug-likeness (QED) is 0.0264. The van der Waals surface area contributed by atoms with Crippen molar-refractivity contribution in [2.75, 3.05) is 26.4 Å².